The molecule has 1 fully saturated rings. The van der Waals surface area contributed by atoms with E-state index in [1.165, 1.54) is 30.6 Å². The molecule has 1 saturated heterocycles. The molecule has 0 bridgehead atoms. The van der Waals surface area contributed by atoms with Gasteiger partial charge in [0.05, 0.1) is 6.04 Å². The second kappa shape index (κ2) is 7.99. The van der Waals surface area contributed by atoms with Crippen LogP contribution in [-0.2, 0) is 10.0 Å². The summed E-state index contributed by atoms with van der Waals surface area (Å²) in [4.78, 5) is 3.77. The number of nitrogens with zero attached hydrogens (tertiary/aromatic N) is 2. The number of aryl methyl sites for hydroxylation is 2. The molecule has 2 aromatic heterocycles. The number of rotatable bonds is 6. The molecular formula is C17H25N3O3S2. The van der Waals surface area contributed by atoms with Gasteiger partial charge in [0, 0.05) is 11.4 Å². The van der Waals surface area contributed by atoms with E-state index in [9.17, 15) is 8.42 Å². The van der Waals surface area contributed by atoms with Crippen molar-refractivity contribution in [1.29, 1.82) is 0 Å². The Hall–Kier alpha value is -1.22. The van der Waals surface area contributed by atoms with Gasteiger partial charge in [0.25, 0.3) is 0 Å². The van der Waals surface area contributed by atoms with Gasteiger partial charge >= 0.3 is 0 Å². The maximum Gasteiger partial charge on any atom is 0.246 e. The Balaban J connectivity index is 1.79. The van der Waals surface area contributed by atoms with Crippen LogP contribution in [0, 0.1) is 13.8 Å². The van der Waals surface area contributed by atoms with Gasteiger partial charge in [0.1, 0.15) is 10.6 Å². The van der Waals surface area contributed by atoms with Crippen LogP contribution < -0.4 is 4.72 Å². The highest BCUT2D eigenvalue weighted by Crippen LogP contribution is 2.28. The second-order valence-corrected chi connectivity index (χ2v) is 9.17. The molecule has 6 nitrogen and oxygen atoms in total. The molecule has 8 heteroatoms. The quantitative estimate of drug-likeness (QED) is 0.829. The molecule has 3 heterocycles. The Bertz CT molecular complexity index is 757. The lowest BCUT2D eigenvalue weighted by Crippen LogP contribution is -2.38. The van der Waals surface area contributed by atoms with E-state index in [-0.39, 0.29) is 10.9 Å². The lowest BCUT2D eigenvalue weighted by molar-refractivity contribution is 0.209. The molecule has 1 aliphatic heterocycles. The van der Waals surface area contributed by atoms with Crippen molar-refractivity contribution in [1.82, 2.24) is 14.8 Å². The van der Waals surface area contributed by atoms with Crippen LogP contribution in [0.15, 0.2) is 26.9 Å². The first kappa shape index (κ1) is 18.6. The third kappa shape index (κ3) is 4.31. The van der Waals surface area contributed by atoms with E-state index >= 15 is 0 Å². The number of aromatic nitrogens is 1. The summed E-state index contributed by atoms with van der Waals surface area (Å²) in [6.45, 7) is 5.65. The number of hydrogen-bond acceptors (Lipinski definition) is 6. The smallest absolute Gasteiger partial charge is 0.246 e. The minimum absolute atomic E-state index is 0.0633. The van der Waals surface area contributed by atoms with Gasteiger partial charge in [-0.1, -0.05) is 24.1 Å². The molecule has 138 valence electrons. The largest absolute Gasteiger partial charge is 0.360 e. The highest BCUT2D eigenvalue weighted by Gasteiger charge is 2.28. The standard InChI is InChI=1S/C17H25N3O3S2/c1-13-17(14(2)23-19-13)25(21,22)18-12-15(16-8-7-11-24-16)20-9-5-3-4-6-10-20/h7-8,11,15,18H,3-6,9-10,12H2,1-2H3. The first-order valence-corrected chi connectivity index (χ1v) is 11.1. The van der Waals surface area contributed by atoms with Crippen LogP contribution in [-0.4, -0.2) is 38.1 Å². The van der Waals surface area contributed by atoms with Gasteiger partial charge in [-0.15, -0.1) is 11.3 Å². The van der Waals surface area contributed by atoms with Gasteiger partial charge in [-0.05, 0) is 51.2 Å². The fourth-order valence-corrected chi connectivity index (χ4v) is 5.64. The number of thiophene rings is 1. The Morgan fingerprint density at radius 3 is 2.56 bits per heavy atom. The molecule has 3 rings (SSSR count). The maximum absolute atomic E-state index is 12.7. The average Bonchev–Trinajstić information content (AvgIpc) is 3.11. The van der Waals surface area contributed by atoms with E-state index in [0.717, 1.165) is 13.1 Å². The highest BCUT2D eigenvalue weighted by molar-refractivity contribution is 7.89. The van der Waals surface area contributed by atoms with Crippen molar-refractivity contribution in [2.24, 2.45) is 0 Å². The Morgan fingerprint density at radius 1 is 1.28 bits per heavy atom. The molecule has 1 N–H and O–H groups in total. The first-order valence-electron chi connectivity index (χ1n) is 8.69. The van der Waals surface area contributed by atoms with E-state index in [0.29, 0.717) is 18.0 Å². The third-order valence-corrected chi connectivity index (χ3v) is 7.30. The zero-order valence-electron chi connectivity index (χ0n) is 14.7. The zero-order chi connectivity index (χ0) is 17.9. The summed E-state index contributed by atoms with van der Waals surface area (Å²) in [5, 5.41) is 5.80. The van der Waals surface area contributed by atoms with Crippen LogP contribution in [0.3, 0.4) is 0 Å². The molecular weight excluding hydrogens is 358 g/mol. The molecule has 2 aromatic rings. The van der Waals surface area contributed by atoms with Crippen LogP contribution in [0.5, 0.6) is 0 Å². The summed E-state index contributed by atoms with van der Waals surface area (Å²) < 4.78 is 33.3. The summed E-state index contributed by atoms with van der Waals surface area (Å²) in [5.74, 6) is 0.326. The molecule has 0 aliphatic carbocycles. The predicted molar refractivity (Wildman–Crippen MR) is 98.3 cm³/mol. The number of likely N-dealkylation sites (tertiary alicyclic amines) is 1. The van der Waals surface area contributed by atoms with Crippen LogP contribution in [0.2, 0.25) is 0 Å². The van der Waals surface area contributed by atoms with Crippen molar-refractivity contribution in [3.05, 3.63) is 33.8 Å². The topological polar surface area (TPSA) is 75.4 Å². The van der Waals surface area contributed by atoms with Crippen molar-refractivity contribution in [2.45, 2.75) is 50.5 Å². The van der Waals surface area contributed by atoms with Crippen molar-refractivity contribution in [3.63, 3.8) is 0 Å². The van der Waals surface area contributed by atoms with Crippen LogP contribution >= 0.6 is 11.3 Å². The Labute approximate surface area is 153 Å². The van der Waals surface area contributed by atoms with E-state index in [1.807, 2.05) is 11.4 Å². The third-order valence-electron chi connectivity index (χ3n) is 4.66. The van der Waals surface area contributed by atoms with Crippen LogP contribution in [0.4, 0.5) is 0 Å². The number of hydrogen-bond donors (Lipinski definition) is 1. The van der Waals surface area contributed by atoms with Crippen molar-refractivity contribution >= 4 is 21.4 Å². The van der Waals surface area contributed by atoms with Crippen molar-refractivity contribution < 1.29 is 12.9 Å². The number of nitrogens with one attached hydrogen (secondary N) is 1. The molecule has 1 atom stereocenters. The first-order chi connectivity index (χ1) is 12.0. The Morgan fingerprint density at radius 2 is 2.00 bits per heavy atom. The fraction of sp³-hybridized carbons (Fsp3) is 0.588. The summed E-state index contributed by atoms with van der Waals surface area (Å²) in [5.41, 5.74) is 0.396. The molecule has 0 aromatic carbocycles. The minimum Gasteiger partial charge on any atom is -0.360 e. The van der Waals surface area contributed by atoms with Gasteiger partial charge in [-0.2, -0.15) is 0 Å². The monoisotopic (exact) mass is 383 g/mol. The normalized spacial score (nSPS) is 18.2. The minimum atomic E-state index is -3.64. The predicted octanol–water partition coefficient (Wildman–Crippen LogP) is 3.25. The van der Waals surface area contributed by atoms with Gasteiger partial charge in [-0.25, -0.2) is 13.1 Å². The molecule has 1 unspecified atom stereocenters. The maximum atomic E-state index is 12.7. The van der Waals surface area contributed by atoms with Gasteiger partial charge in [-0.3, -0.25) is 4.90 Å². The van der Waals surface area contributed by atoms with Gasteiger partial charge < -0.3 is 4.52 Å². The van der Waals surface area contributed by atoms with E-state index in [2.05, 4.69) is 20.8 Å². The lowest BCUT2D eigenvalue weighted by atomic mass is 10.2. The van der Waals surface area contributed by atoms with E-state index in [4.69, 9.17) is 4.52 Å². The summed E-state index contributed by atoms with van der Waals surface area (Å²) in [7, 11) is -3.64. The highest BCUT2D eigenvalue weighted by atomic mass is 32.2. The fourth-order valence-electron chi connectivity index (χ4n) is 3.42. The van der Waals surface area contributed by atoms with E-state index in [1.54, 1.807) is 25.2 Å². The van der Waals surface area contributed by atoms with Crippen LogP contribution in [0.1, 0.15) is 48.1 Å². The molecule has 0 radical (unpaired) electrons. The van der Waals surface area contributed by atoms with Crippen molar-refractivity contribution in [2.75, 3.05) is 19.6 Å². The number of sulfonamides is 1. The average molecular weight is 384 g/mol. The molecule has 0 saturated carbocycles. The lowest BCUT2D eigenvalue weighted by Gasteiger charge is -2.30. The SMILES string of the molecule is Cc1noc(C)c1S(=O)(=O)NCC(c1cccs1)N1CCCCCC1. The second-order valence-electron chi connectivity index (χ2n) is 6.49. The zero-order valence-corrected chi connectivity index (χ0v) is 16.3. The molecule has 25 heavy (non-hydrogen) atoms. The summed E-state index contributed by atoms with van der Waals surface area (Å²) in [6, 6.07) is 4.17. The van der Waals surface area contributed by atoms with E-state index < -0.39 is 10.0 Å². The van der Waals surface area contributed by atoms with Crippen molar-refractivity contribution in [3.8, 4) is 0 Å². The molecule has 0 amide bonds. The van der Waals surface area contributed by atoms with Gasteiger partial charge in [0.2, 0.25) is 10.0 Å². The summed E-state index contributed by atoms with van der Waals surface area (Å²) in [6.07, 6.45) is 4.83. The van der Waals surface area contributed by atoms with Crippen LogP contribution in [0.25, 0.3) is 0 Å². The van der Waals surface area contributed by atoms with Gasteiger partial charge in [0.15, 0.2) is 5.76 Å². The summed E-state index contributed by atoms with van der Waals surface area (Å²) >= 11 is 1.68. The molecule has 0 spiro atoms. The Kier molecular flexibility index (Phi) is 5.93. The molecule has 1 aliphatic rings.